The Morgan fingerprint density at radius 1 is 1.06 bits per heavy atom. The van der Waals surface area contributed by atoms with Crippen LogP contribution in [0.1, 0.15) is 22.3 Å². The first kappa shape index (κ1) is 24.5. The average molecular weight is 565 g/mol. The van der Waals surface area contributed by atoms with Crippen LogP contribution in [0.3, 0.4) is 0 Å². The Morgan fingerprint density at radius 3 is 2.41 bits per heavy atom. The first-order valence-electron chi connectivity index (χ1n) is 10.3. The molecule has 1 saturated heterocycles. The van der Waals surface area contributed by atoms with Crippen LogP contribution in [0.5, 0.6) is 23.0 Å². The van der Waals surface area contributed by atoms with Crippen molar-refractivity contribution < 1.29 is 23.7 Å². The molecule has 3 aromatic carbocycles. The van der Waals surface area contributed by atoms with Gasteiger partial charge in [0.05, 0.1) is 41.6 Å². The summed E-state index contributed by atoms with van der Waals surface area (Å²) in [6.07, 6.45) is 0.619. The van der Waals surface area contributed by atoms with Crippen LogP contribution in [0.4, 0.5) is 0 Å². The summed E-state index contributed by atoms with van der Waals surface area (Å²) in [5, 5.41) is 0.658. The molecule has 0 spiro atoms. The van der Waals surface area contributed by atoms with E-state index in [9.17, 15) is 4.79 Å². The molecule has 0 aromatic heterocycles. The minimum atomic E-state index is -0.441. The van der Waals surface area contributed by atoms with Gasteiger partial charge >= 0.3 is 0 Å². The predicted molar refractivity (Wildman–Crippen MR) is 135 cm³/mol. The van der Waals surface area contributed by atoms with E-state index in [1.54, 1.807) is 37.4 Å². The fraction of sp³-hybridized carbons (Fsp3) is 0.200. The van der Waals surface area contributed by atoms with Gasteiger partial charge < -0.3 is 18.9 Å². The van der Waals surface area contributed by atoms with Crippen molar-refractivity contribution in [1.82, 2.24) is 0 Å². The molecule has 0 N–H and O–H groups in total. The highest BCUT2D eigenvalue weighted by Gasteiger charge is 2.19. The summed E-state index contributed by atoms with van der Waals surface area (Å²) in [6.45, 7) is 1.15. The third-order valence-electron chi connectivity index (χ3n) is 4.98. The quantitative estimate of drug-likeness (QED) is 0.305. The smallest absolute Gasteiger partial charge is 0.280 e. The summed E-state index contributed by atoms with van der Waals surface area (Å²) in [4.78, 5) is 17.3. The summed E-state index contributed by atoms with van der Waals surface area (Å²) in [6, 6.07) is 15.7. The molecule has 0 atom stereocenters. The van der Waals surface area contributed by atoms with E-state index in [1.807, 2.05) is 24.3 Å². The maximum Gasteiger partial charge on any atom is 0.280 e. The van der Waals surface area contributed by atoms with Crippen LogP contribution in [-0.4, -0.2) is 31.9 Å². The van der Waals surface area contributed by atoms with Crippen molar-refractivity contribution in [3.63, 3.8) is 0 Å². The van der Waals surface area contributed by atoms with Gasteiger partial charge in [0.25, 0.3) is 5.91 Å². The van der Waals surface area contributed by atoms with Crippen LogP contribution in [-0.2, 0) is 11.3 Å². The molecule has 9 heteroatoms. The molecule has 0 radical (unpaired) electrons. The highest BCUT2D eigenvalue weighted by Crippen LogP contribution is 2.39. The van der Waals surface area contributed by atoms with Crippen LogP contribution in [0, 0.1) is 0 Å². The van der Waals surface area contributed by atoms with Crippen LogP contribution < -0.4 is 14.2 Å². The lowest BCUT2D eigenvalue weighted by molar-refractivity contribution is 0.0997. The van der Waals surface area contributed by atoms with Gasteiger partial charge in [0.1, 0.15) is 23.9 Å². The molecular weight excluding hydrogens is 545 g/mol. The normalized spacial score (nSPS) is 14.3. The van der Waals surface area contributed by atoms with Gasteiger partial charge in [0, 0.05) is 10.9 Å². The summed E-state index contributed by atoms with van der Waals surface area (Å²) >= 11 is 15.9. The highest BCUT2D eigenvalue weighted by atomic mass is 79.9. The Balaban J connectivity index is 1.62. The van der Waals surface area contributed by atoms with Crippen molar-refractivity contribution in [2.45, 2.75) is 13.0 Å². The lowest BCUT2D eigenvalue weighted by Gasteiger charge is -2.14. The van der Waals surface area contributed by atoms with E-state index in [2.05, 4.69) is 20.9 Å². The highest BCUT2D eigenvalue weighted by molar-refractivity contribution is 9.10. The summed E-state index contributed by atoms with van der Waals surface area (Å²) in [7, 11) is 1.61. The number of hydrogen-bond donors (Lipinski definition) is 0. The van der Waals surface area contributed by atoms with Crippen molar-refractivity contribution in [2.24, 2.45) is 4.99 Å². The van der Waals surface area contributed by atoms with Gasteiger partial charge in [0.15, 0.2) is 5.75 Å². The number of amides is 1. The fourth-order valence-electron chi connectivity index (χ4n) is 3.24. The standard InChI is InChI=1S/C25H20BrCl2NO5/c1-31-18-4-2-15(3-5-18)13-33-23-7-6-19(34-24-21(27)10-16(26)11-22(24)28)12-20(23)25(30)29-17-8-9-32-14-17/h2-7,10-12H,8-9,13-14H2,1H3. The number of aliphatic imine (C=N–C) groups is 1. The van der Waals surface area contributed by atoms with E-state index in [4.69, 9.17) is 42.1 Å². The van der Waals surface area contributed by atoms with Crippen molar-refractivity contribution in [3.8, 4) is 23.0 Å². The van der Waals surface area contributed by atoms with E-state index < -0.39 is 5.91 Å². The zero-order valence-corrected chi connectivity index (χ0v) is 21.2. The maximum absolute atomic E-state index is 13.0. The second-order valence-corrected chi connectivity index (χ2v) is 9.11. The zero-order valence-electron chi connectivity index (χ0n) is 18.1. The molecule has 1 fully saturated rings. The summed E-state index contributed by atoms with van der Waals surface area (Å²) in [5.41, 5.74) is 1.87. The fourth-order valence-corrected chi connectivity index (χ4v) is 4.52. The van der Waals surface area contributed by atoms with E-state index in [-0.39, 0.29) is 17.9 Å². The average Bonchev–Trinajstić information content (AvgIpc) is 3.33. The van der Waals surface area contributed by atoms with Crippen LogP contribution >= 0.6 is 39.1 Å². The van der Waals surface area contributed by atoms with Crippen molar-refractivity contribution >= 4 is 50.8 Å². The first-order chi connectivity index (χ1) is 16.4. The number of nitrogens with zero attached hydrogens (tertiary/aromatic N) is 1. The molecule has 176 valence electrons. The number of benzene rings is 3. The molecule has 1 heterocycles. The van der Waals surface area contributed by atoms with Gasteiger partial charge in [-0.05, 0) is 48.0 Å². The van der Waals surface area contributed by atoms with Gasteiger partial charge in [-0.25, -0.2) is 4.99 Å². The first-order valence-corrected chi connectivity index (χ1v) is 11.9. The monoisotopic (exact) mass is 563 g/mol. The van der Waals surface area contributed by atoms with Crippen molar-refractivity contribution in [1.29, 1.82) is 0 Å². The van der Waals surface area contributed by atoms with E-state index in [0.717, 1.165) is 15.8 Å². The number of rotatable bonds is 7. The molecular formula is C25H20BrCl2NO5. The van der Waals surface area contributed by atoms with E-state index in [0.29, 0.717) is 46.9 Å². The molecule has 0 aliphatic carbocycles. The molecule has 6 nitrogen and oxygen atoms in total. The lowest BCUT2D eigenvalue weighted by atomic mass is 10.1. The number of hydrogen-bond acceptors (Lipinski definition) is 5. The number of halogens is 3. The van der Waals surface area contributed by atoms with Gasteiger partial charge in [-0.3, -0.25) is 4.79 Å². The molecule has 1 aliphatic rings. The maximum atomic E-state index is 13.0. The molecule has 3 aromatic rings. The summed E-state index contributed by atoms with van der Waals surface area (Å²) in [5.74, 6) is 1.34. The van der Waals surface area contributed by atoms with Crippen LogP contribution in [0.25, 0.3) is 0 Å². The molecule has 4 rings (SSSR count). The van der Waals surface area contributed by atoms with Crippen LogP contribution in [0.15, 0.2) is 64.1 Å². The number of ether oxygens (including phenoxy) is 4. The number of methoxy groups -OCH3 is 1. The lowest BCUT2D eigenvalue weighted by Crippen LogP contribution is -2.07. The van der Waals surface area contributed by atoms with Gasteiger partial charge in [-0.15, -0.1) is 0 Å². The Kier molecular flexibility index (Phi) is 8.11. The zero-order chi connectivity index (χ0) is 24.1. The summed E-state index contributed by atoms with van der Waals surface area (Å²) < 4.78 is 23.1. The van der Waals surface area contributed by atoms with E-state index in [1.165, 1.54) is 0 Å². The Labute approximate surface area is 215 Å². The van der Waals surface area contributed by atoms with Crippen LogP contribution in [0.2, 0.25) is 10.0 Å². The van der Waals surface area contributed by atoms with E-state index >= 15 is 0 Å². The van der Waals surface area contributed by atoms with Gasteiger partial charge in [0.2, 0.25) is 0 Å². The second kappa shape index (κ2) is 11.2. The third-order valence-corrected chi connectivity index (χ3v) is 6.00. The van der Waals surface area contributed by atoms with Gasteiger partial charge in [-0.1, -0.05) is 51.3 Å². The molecule has 1 amide bonds. The topological polar surface area (TPSA) is 66.4 Å². The number of carbonyl (C=O) groups excluding carboxylic acids is 1. The van der Waals surface area contributed by atoms with Gasteiger partial charge in [-0.2, -0.15) is 0 Å². The molecule has 1 aliphatic heterocycles. The third kappa shape index (κ3) is 6.10. The minimum absolute atomic E-state index is 0.258. The Hall–Kier alpha value is -2.58. The molecule has 0 unspecified atom stereocenters. The molecule has 0 bridgehead atoms. The SMILES string of the molecule is COc1ccc(COc2ccc(Oc3c(Cl)cc(Br)cc3Cl)cc2C(=O)N=C2CCOC2)cc1. The Bertz CT molecular complexity index is 1200. The molecule has 34 heavy (non-hydrogen) atoms. The Morgan fingerprint density at radius 2 is 1.76 bits per heavy atom. The molecule has 0 saturated carbocycles. The predicted octanol–water partition coefficient (Wildman–Crippen LogP) is 7.14. The number of carbonyl (C=O) groups is 1. The minimum Gasteiger partial charge on any atom is -0.497 e. The second-order valence-electron chi connectivity index (χ2n) is 7.38. The largest absolute Gasteiger partial charge is 0.497 e. The van der Waals surface area contributed by atoms with Crippen molar-refractivity contribution in [3.05, 3.63) is 80.2 Å². The van der Waals surface area contributed by atoms with Crippen molar-refractivity contribution in [2.75, 3.05) is 20.3 Å².